The second kappa shape index (κ2) is 10.9. The Morgan fingerprint density at radius 2 is 1.39 bits per heavy atom. The summed E-state index contributed by atoms with van der Waals surface area (Å²) >= 11 is 1.36. The van der Waals surface area contributed by atoms with Crippen molar-refractivity contribution in [3.05, 3.63) is 105 Å². The van der Waals surface area contributed by atoms with Gasteiger partial charge in [0.1, 0.15) is 5.01 Å². The van der Waals surface area contributed by atoms with Crippen LogP contribution in [0.5, 0.6) is 0 Å². The number of non-ortho nitro benzene ring substituents is 1. The van der Waals surface area contributed by atoms with Crippen molar-refractivity contribution in [1.29, 1.82) is 0 Å². The molecule has 36 heavy (non-hydrogen) atoms. The second-order valence-corrected chi connectivity index (χ2v) is 9.44. The fourth-order valence-corrected chi connectivity index (χ4v) is 4.16. The summed E-state index contributed by atoms with van der Waals surface area (Å²) in [7, 11) is 7.98. The molecule has 0 unspecified atom stereocenters. The SMILES string of the molecule is CN(C)c1ccc(C=Nc2nnc(C(=Cc3ccc(N(C)C)cc3)c3ccc([N+](=O)[O-])cc3)s2)cc1. The average Bonchev–Trinajstić information content (AvgIpc) is 3.35. The van der Waals surface area contributed by atoms with Gasteiger partial charge in [0.2, 0.25) is 5.13 Å². The Hall–Kier alpha value is -4.37. The van der Waals surface area contributed by atoms with E-state index in [2.05, 4.69) is 15.2 Å². The standard InChI is InChI=1S/C27H26N6O2S/c1-31(2)22-11-5-19(6-12-22)17-25(21-9-15-24(16-10-21)33(34)35)26-29-30-27(36-26)28-18-20-7-13-23(14-8-20)32(3)4/h5-18H,1-4H3. The molecule has 3 aromatic carbocycles. The van der Waals surface area contributed by atoms with Crippen molar-refractivity contribution in [3.63, 3.8) is 0 Å². The highest BCUT2D eigenvalue weighted by Gasteiger charge is 2.14. The van der Waals surface area contributed by atoms with Crippen LogP contribution in [0.1, 0.15) is 21.7 Å². The van der Waals surface area contributed by atoms with E-state index in [1.165, 1.54) is 23.5 Å². The molecule has 0 aliphatic rings. The lowest BCUT2D eigenvalue weighted by atomic mass is 10.0. The van der Waals surface area contributed by atoms with Crippen molar-refractivity contribution in [2.75, 3.05) is 38.0 Å². The highest BCUT2D eigenvalue weighted by molar-refractivity contribution is 7.16. The maximum absolute atomic E-state index is 11.1. The van der Waals surface area contributed by atoms with E-state index in [-0.39, 0.29) is 5.69 Å². The number of anilines is 2. The van der Waals surface area contributed by atoms with E-state index >= 15 is 0 Å². The molecule has 0 saturated carbocycles. The first kappa shape index (κ1) is 24.7. The summed E-state index contributed by atoms with van der Waals surface area (Å²) in [6.45, 7) is 0. The minimum Gasteiger partial charge on any atom is -0.378 e. The first-order valence-corrected chi connectivity index (χ1v) is 12.0. The van der Waals surface area contributed by atoms with Crippen LogP contribution >= 0.6 is 11.3 Å². The number of nitrogens with zero attached hydrogens (tertiary/aromatic N) is 6. The molecule has 9 heteroatoms. The summed E-state index contributed by atoms with van der Waals surface area (Å²) in [5.74, 6) is 0. The van der Waals surface area contributed by atoms with Crippen molar-refractivity contribution in [2.24, 2.45) is 4.99 Å². The third kappa shape index (κ3) is 6.00. The van der Waals surface area contributed by atoms with Gasteiger partial charge < -0.3 is 9.80 Å². The van der Waals surface area contributed by atoms with Gasteiger partial charge in [0.15, 0.2) is 0 Å². The summed E-state index contributed by atoms with van der Waals surface area (Å²) in [4.78, 5) is 19.3. The molecule has 0 N–H and O–H groups in total. The number of aliphatic imine (C=N–C) groups is 1. The third-order valence-electron chi connectivity index (χ3n) is 5.49. The molecule has 4 rings (SSSR count). The number of rotatable bonds is 8. The highest BCUT2D eigenvalue weighted by atomic mass is 32.1. The smallest absolute Gasteiger partial charge is 0.269 e. The molecule has 1 aromatic heterocycles. The van der Waals surface area contributed by atoms with Crippen LogP contribution in [-0.2, 0) is 0 Å². The first-order chi connectivity index (χ1) is 17.3. The number of benzene rings is 3. The third-order valence-corrected chi connectivity index (χ3v) is 6.35. The van der Waals surface area contributed by atoms with Crippen molar-refractivity contribution in [1.82, 2.24) is 10.2 Å². The number of hydrogen-bond donors (Lipinski definition) is 0. The van der Waals surface area contributed by atoms with Crippen LogP contribution in [0.2, 0.25) is 0 Å². The Morgan fingerprint density at radius 3 is 1.92 bits per heavy atom. The fraction of sp³-hybridized carbons (Fsp3) is 0.148. The lowest BCUT2D eigenvalue weighted by Gasteiger charge is -2.12. The van der Waals surface area contributed by atoms with Crippen molar-refractivity contribution in [2.45, 2.75) is 0 Å². The maximum Gasteiger partial charge on any atom is 0.269 e. The lowest BCUT2D eigenvalue weighted by Crippen LogP contribution is -2.08. The molecule has 182 valence electrons. The van der Waals surface area contributed by atoms with Crippen LogP contribution in [0.15, 0.2) is 77.8 Å². The van der Waals surface area contributed by atoms with Gasteiger partial charge in [-0.25, -0.2) is 4.99 Å². The molecule has 0 amide bonds. The van der Waals surface area contributed by atoms with Gasteiger partial charge in [-0.2, -0.15) is 0 Å². The molecule has 0 aliphatic heterocycles. The van der Waals surface area contributed by atoms with E-state index in [0.717, 1.165) is 33.6 Å². The molecule has 0 saturated heterocycles. The Bertz CT molecular complexity index is 1390. The van der Waals surface area contributed by atoms with Gasteiger partial charge in [-0.3, -0.25) is 10.1 Å². The van der Waals surface area contributed by atoms with Gasteiger partial charge in [-0.05, 0) is 59.2 Å². The predicted octanol–water partition coefficient (Wildman–Crippen LogP) is 5.92. The zero-order chi connectivity index (χ0) is 25.7. The minimum atomic E-state index is -0.407. The highest BCUT2D eigenvalue weighted by Crippen LogP contribution is 2.32. The van der Waals surface area contributed by atoms with Crippen LogP contribution in [0.4, 0.5) is 22.2 Å². The maximum atomic E-state index is 11.1. The van der Waals surface area contributed by atoms with Crippen molar-refractivity contribution < 1.29 is 4.92 Å². The largest absolute Gasteiger partial charge is 0.378 e. The summed E-state index contributed by atoms with van der Waals surface area (Å²) in [6, 6.07) is 22.6. The van der Waals surface area contributed by atoms with E-state index in [4.69, 9.17) is 0 Å². The Labute approximate surface area is 214 Å². The Kier molecular flexibility index (Phi) is 7.50. The first-order valence-electron chi connectivity index (χ1n) is 11.2. The normalized spacial score (nSPS) is 11.6. The van der Waals surface area contributed by atoms with Crippen LogP contribution in [0, 0.1) is 10.1 Å². The number of nitro benzene ring substituents is 1. The molecule has 1 heterocycles. The minimum absolute atomic E-state index is 0.0382. The molecular formula is C27H26N6O2S. The van der Waals surface area contributed by atoms with Crippen LogP contribution in [-0.4, -0.2) is 49.5 Å². The number of nitro groups is 1. The van der Waals surface area contributed by atoms with Crippen LogP contribution in [0.3, 0.4) is 0 Å². The molecule has 0 bridgehead atoms. The second-order valence-electron chi connectivity index (χ2n) is 8.48. The molecule has 0 atom stereocenters. The zero-order valence-electron chi connectivity index (χ0n) is 20.5. The molecule has 4 aromatic rings. The number of hydrogen-bond acceptors (Lipinski definition) is 8. The monoisotopic (exact) mass is 498 g/mol. The van der Waals surface area contributed by atoms with Gasteiger partial charge >= 0.3 is 0 Å². The summed E-state index contributed by atoms with van der Waals surface area (Å²) in [6.07, 6.45) is 3.77. The molecule has 0 aliphatic carbocycles. The van der Waals surface area contributed by atoms with Crippen LogP contribution in [0.25, 0.3) is 11.6 Å². The zero-order valence-corrected chi connectivity index (χ0v) is 21.3. The molecule has 0 radical (unpaired) electrons. The van der Waals surface area contributed by atoms with Gasteiger partial charge in [0.05, 0.1) is 4.92 Å². The number of aromatic nitrogens is 2. The van der Waals surface area contributed by atoms with E-state index in [1.54, 1.807) is 18.3 Å². The molecule has 0 fully saturated rings. The van der Waals surface area contributed by atoms with Crippen molar-refractivity contribution >= 4 is 51.4 Å². The predicted molar refractivity (Wildman–Crippen MR) is 149 cm³/mol. The van der Waals surface area contributed by atoms with E-state index in [1.807, 2.05) is 92.6 Å². The van der Waals surface area contributed by atoms with Gasteiger partial charge in [-0.1, -0.05) is 35.6 Å². The van der Waals surface area contributed by atoms with E-state index < -0.39 is 4.92 Å². The molecule has 0 spiro atoms. The van der Waals surface area contributed by atoms with E-state index in [9.17, 15) is 10.1 Å². The summed E-state index contributed by atoms with van der Waals surface area (Å²) < 4.78 is 0. The molecular weight excluding hydrogens is 472 g/mol. The molecule has 8 nitrogen and oxygen atoms in total. The Balaban J connectivity index is 1.66. The summed E-state index contributed by atoms with van der Waals surface area (Å²) in [5, 5.41) is 21.0. The van der Waals surface area contributed by atoms with Gasteiger partial charge in [-0.15, -0.1) is 10.2 Å². The van der Waals surface area contributed by atoms with E-state index in [0.29, 0.717) is 10.1 Å². The topological polar surface area (TPSA) is 87.8 Å². The average molecular weight is 499 g/mol. The lowest BCUT2D eigenvalue weighted by molar-refractivity contribution is -0.384. The fourth-order valence-electron chi connectivity index (χ4n) is 3.43. The van der Waals surface area contributed by atoms with Crippen LogP contribution < -0.4 is 9.80 Å². The quantitative estimate of drug-likeness (QED) is 0.130. The van der Waals surface area contributed by atoms with Gasteiger partial charge in [0, 0.05) is 63.5 Å². The van der Waals surface area contributed by atoms with Gasteiger partial charge in [0.25, 0.3) is 5.69 Å². The summed E-state index contributed by atoms with van der Waals surface area (Å²) in [5.41, 5.74) is 5.81. The Morgan fingerprint density at radius 1 is 0.833 bits per heavy atom. The van der Waals surface area contributed by atoms with Crippen molar-refractivity contribution in [3.8, 4) is 0 Å².